The number of carbonyl (C=O) groups is 1. The van der Waals surface area contributed by atoms with Gasteiger partial charge in [0.05, 0.1) is 23.3 Å². The van der Waals surface area contributed by atoms with Crippen molar-refractivity contribution in [3.63, 3.8) is 0 Å². The maximum atomic E-state index is 13.0. The van der Waals surface area contributed by atoms with Crippen LogP contribution >= 0.6 is 0 Å². The van der Waals surface area contributed by atoms with E-state index in [1.807, 2.05) is 37.3 Å². The van der Waals surface area contributed by atoms with Crippen LogP contribution in [0.2, 0.25) is 0 Å². The van der Waals surface area contributed by atoms with Gasteiger partial charge in [-0.25, -0.2) is 13.1 Å². The van der Waals surface area contributed by atoms with Gasteiger partial charge in [-0.05, 0) is 43.2 Å². The molecule has 31 heavy (non-hydrogen) atoms. The molecule has 2 aromatic carbocycles. The van der Waals surface area contributed by atoms with E-state index in [-0.39, 0.29) is 5.69 Å². The van der Waals surface area contributed by atoms with E-state index in [0.717, 1.165) is 22.5 Å². The number of benzene rings is 2. The van der Waals surface area contributed by atoms with Crippen LogP contribution in [0.5, 0.6) is 0 Å². The van der Waals surface area contributed by atoms with Crippen LogP contribution in [0.1, 0.15) is 18.2 Å². The van der Waals surface area contributed by atoms with Gasteiger partial charge < -0.3 is 5.32 Å². The summed E-state index contributed by atoms with van der Waals surface area (Å²) < 4.78 is 28.8. The molecule has 0 aliphatic heterocycles. The van der Waals surface area contributed by atoms with Gasteiger partial charge in [0.25, 0.3) is 5.56 Å². The number of aryl methyl sites for hydroxylation is 1. The standard InChI is InChI=1S/C22H26N4O4S/c1-5-17-11-13-18(14-12-17)25(31(4,29)30)15-20(27)23-21-16(2)24(3)26(22(21)28)19-9-7-6-8-10-19/h6-14H,5,15H2,1-4H3,(H,23,27). The number of para-hydroxylation sites is 1. The van der Waals surface area contributed by atoms with Gasteiger partial charge in [0.1, 0.15) is 12.2 Å². The molecule has 0 fully saturated rings. The lowest BCUT2D eigenvalue weighted by Crippen LogP contribution is -2.38. The van der Waals surface area contributed by atoms with Gasteiger partial charge in [-0.2, -0.15) is 0 Å². The zero-order valence-corrected chi connectivity index (χ0v) is 18.8. The van der Waals surface area contributed by atoms with Gasteiger partial charge in [0.2, 0.25) is 15.9 Å². The van der Waals surface area contributed by atoms with E-state index in [1.54, 1.807) is 42.9 Å². The predicted molar refractivity (Wildman–Crippen MR) is 122 cm³/mol. The molecule has 0 unspecified atom stereocenters. The average Bonchev–Trinajstić information content (AvgIpc) is 2.95. The quantitative estimate of drug-likeness (QED) is 0.608. The largest absolute Gasteiger partial charge is 0.318 e. The van der Waals surface area contributed by atoms with Crippen LogP contribution in [0.4, 0.5) is 11.4 Å². The first kappa shape index (κ1) is 22.4. The molecular weight excluding hydrogens is 416 g/mol. The van der Waals surface area contributed by atoms with E-state index in [4.69, 9.17) is 0 Å². The maximum absolute atomic E-state index is 13.0. The maximum Gasteiger partial charge on any atom is 0.295 e. The molecule has 0 bridgehead atoms. The molecule has 8 nitrogen and oxygen atoms in total. The summed E-state index contributed by atoms with van der Waals surface area (Å²) in [7, 11) is -1.99. The van der Waals surface area contributed by atoms with Gasteiger partial charge in [-0.15, -0.1) is 0 Å². The lowest BCUT2D eigenvalue weighted by atomic mass is 10.1. The highest BCUT2D eigenvalue weighted by Gasteiger charge is 2.23. The van der Waals surface area contributed by atoms with E-state index in [1.165, 1.54) is 4.68 Å². The number of amides is 1. The Kier molecular flexibility index (Phi) is 6.35. The summed E-state index contributed by atoms with van der Waals surface area (Å²) in [6, 6.07) is 16.0. The summed E-state index contributed by atoms with van der Waals surface area (Å²) in [4.78, 5) is 25.7. The number of hydrogen-bond donors (Lipinski definition) is 1. The molecule has 0 saturated carbocycles. The van der Waals surface area contributed by atoms with Crippen molar-refractivity contribution in [3.8, 4) is 5.69 Å². The molecule has 0 spiro atoms. The Morgan fingerprint density at radius 1 is 1.06 bits per heavy atom. The molecule has 0 radical (unpaired) electrons. The molecule has 1 N–H and O–H groups in total. The smallest absolute Gasteiger partial charge is 0.295 e. The first-order valence-corrected chi connectivity index (χ1v) is 11.7. The summed E-state index contributed by atoms with van der Waals surface area (Å²) >= 11 is 0. The van der Waals surface area contributed by atoms with Crippen LogP contribution in [0.25, 0.3) is 5.69 Å². The monoisotopic (exact) mass is 442 g/mol. The average molecular weight is 443 g/mol. The van der Waals surface area contributed by atoms with Gasteiger partial charge in [-0.3, -0.25) is 18.6 Å². The molecule has 1 aromatic heterocycles. The van der Waals surface area contributed by atoms with Crippen molar-refractivity contribution in [1.29, 1.82) is 0 Å². The Labute approximate surface area is 181 Å². The fraction of sp³-hybridized carbons (Fsp3) is 0.273. The molecule has 3 aromatic rings. The van der Waals surface area contributed by atoms with Crippen molar-refractivity contribution < 1.29 is 13.2 Å². The lowest BCUT2D eigenvalue weighted by molar-refractivity contribution is -0.114. The minimum atomic E-state index is -3.71. The molecule has 0 aliphatic carbocycles. The minimum Gasteiger partial charge on any atom is -0.318 e. The van der Waals surface area contributed by atoms with E-state index in [9.17, 15) is 18.0 Å². The van der Waals surface area contributed by atoms with Gasteiger partial charge in [-0.1, -0.05) is 37.3 Å². The van der Waals surface area contributed by atoms with Crippen LogP contribution in [0.3, 0.4) is 0 Å². The Morgan fingerprint density at radius 3 is 2.23 bits per heavy atom. The summed E-state index contributed by atoms with van der Waals surface area (Å²) in [5.74, 6) is -0.601. The molecular formula is C22H26N4O4S. The topological polar surface area (TPSA) is 93.4 Å². The third-order valence-electron chi connectivity index (χ3n) is 5.14. The van der Waals surface area contributed by atoms with Crippen molar-refractivity contribution >= 4 is 27.3 Å². The summed E-state index contributed by atoms with van der Waals surface area (Å²) in [6.45, 7) is 3.28. The summed E-state index contributed by atoms with van der Waals surface area (Å²) in [6.07, 6.45) is 1.87. The summed E-state index contributed by atoms with van der Waals surface area (Å²) in [5.41, 5.74) is 2.39. The van der Waals surface area contributed by atoms with E-state index in [0.29, 0.717) is 17.1 Å². The predicted octanol–water partition coefficient (Wildman–Crippen LogP) is 2.45. The number of hydrogen-bond acceptors (Lipinski definition) is 4. The first-order valence-electron chi connectivity index (χ1n) is 9.84. The molecule has 9 heteroatoms. The number of nitrogens with one attached hydrogen (secondary N) is 1. The zero-order valence-electron chi connectivity index (χ0n) is 18.0. The van der Waals surface area contributed by atoms with Gasteiger partial charge in [0, 0.05) is 7.05 Å². The van der Waals surface area contributed by atoms with Crippen molar-refractivity contribution in [2.24, 2.45) is 7.05 Å². The minimum absolute atomic E-state index is 0.117. The second-order valence-corrected chi connectivity index (χ2v) is 9.18. The Bertz CT molecular complexity index is 1240. The van der Waals surface area contributed by atoms with Gasteiger partial charge >= 0.3 is 0 Å². The van der Waals surface area contributed by atoms with Gasteiger partial charge in [0.15, 0.2) is 0 Å². The van der Waals surface area contributed by atoms with Crippen LogP contribution in [0.15, 0.2) is 59.4 Å². The number of sulfonamides is 1. The molecule has 1 heterocycles. The third kappa shape index (κ3) is 4.72. The van der Waals surface area contributed by atoms with Crippen LogP contribution in [-0.4, -0.2) is 36.5 Å². The second-order valence-electron chi connectivity index (χ2n) is 7.27. The molecule has 0 aliphatic rings. The lowest BCUT2D eigenvalue weighted by Gasteiger charge is -2.22. The number of carbonyl (C=O) groups excluding carboxylic acids is 1. The SMILES string of the molecule is CCc1ccc(N(CC(=O)Nc2c(C)n(C)n(-c3ccccc3)c2=O)S(C)(=O)=O)cc1. The van der Waals surface area contributed by atoms with E-state index >= 15 is 0 Å². The van der Waals surface area contributed by atoms with E-state index < -0.39 is 28.0 Å². The van der Waals surface area contributed by atoms with Crippen molar-refractivity contribution in [2.75, 3.05) is 22.4 Å². The molecule has 3 rings (SSSR count). The fourth-order valence-electron chi connectivity index (χ4n) is 3.32. The Balaban J connectivity index is 1.89. The molecule has 1 amide bonds. The van der Waals surface area contributed by atoms with Crippen LogP contribution in [0, 0.1) is 6.92 Å². The Hall–Kier alpha value is -3.33. The first-order chi connectivity index (χ1) is 14.6. The van der Waals surface area contributed by atoms with Crippen LogP contribution in [-0.2, 0) is 28.3 Å². The van der Waals surface area contributed by atoms with Crippen molar-refractivity contribution in [2.45, 2.75) is 20.3 Å². The third-order valence-corrected chi connectivity index (χ3v) is 6.28. The second kappa shape index (κ2) is 8.81. The fourth-order valence-corrected chi connectivity index (χ4v) is 4.18. The molecule has 0 atom stereocenters. The highest BCUT2D eigenvalue weighted by Crippen LogP contribution is 2.19. The normalized spacial score (nSPS) is 11.4. The number of aromatic nitrogens is 2. The van der Waals surface area contributed by atoms with Crippen molar-refractivity contribution in [3.05, 3.63) is 76.2 Å². The van der Waals surface area contributed by atoms with E-state index in [2.05, 4.69) is 5.32 Å². The highest BCUT2D eigenvalue weighted by molar-refractivity contribution is 7.92. The highest BCUT2D eigenvalue weighted by atomic mass is 32.2. The van der Waals surface area contributed by atoms with Crippen molar-refractivity contribution in [1.82, 2.24) is 9.36 Å². The molecule has 164 valence electrons. The number of anilines is 2. The Morgan fingerprint density at radius 2 is 1.68 bits per heavy atom. The number of rotatable bonds is 7. The zero-order chi connectivity index (χ0) is 22.8. The number of nitrogens with zero attached hydrogens (tertiary/aromatic N) is 3. The molecule has 0 saturated heterocycles. The van der Waals surface area contributed by atoms with Crippen LogP contribution < -0.4 is 15.2 Å². The summed E-state index contributed by atoms with van der Waals surface area (Å²) in [5, 5.41) is 2.61.